The van der Waals surface area contributed by atoms with Crippen LogP contribution in [0.5, 0.6) is 0 Å². The van der Waals surface area contributed by atoms with Crippen molar-refractivity contribution in [3.63, 3.8) is 0 Å². The Kier molecular flexibility index (Phi) is 8.54. The summed E-state index contributed by atoms with van der Waals surface area (Å²) in [7, 11) is 0. The van der Waals surface area contributed by atoms with Gasteiger partial charge in [0.2, 0.25) is 0 Å². The lowest BCUT2D eigenvalue weighted by Gasteiger charge is -2.40. The summed E-state index contributed by atoms with van der Waals surface area (Å²) in [6, 6.07) is 0. The van der Waals surface area contributed by atoms with Crippen LogP contribution in [0.25, 0.3) is 0 Å². The van der Waals surface area contributed by atoms with Crippen molar-refractivity contribution in [2.45, 2.75) is 68.3 Å². The van der Waals surface area contributed by atoms with E-state index < -0.39 is 79.5 Å². The van der Waals surface area contributed by atoms with Crippen molar-refractivity contribution in [2.24, 2.45) is 0 Å². The van der Waals surface area contributed by atoms with Crippen LogP contribution in [0.2, 0.25) is 0 Å². The Bertz CT molecular complexity index is 704. The molecule has 0 fully saturated rings. The fraction of sp³-hybridized carbons (Fsp3) is 0.800. The number of rotatable bonds is 10. The first-order valence-electron chi connectivity index (χ1n) is 8.00. The number of carbonyl (C=O) groups is 1. The number of carbonyl (C=O) groups excluding carboxylic acids is 1. The largest absolute Gasteiger partial charge is 0.460 e. The van der Waals surface area contributed by atoms with Crippen molar-refractivity contribution < 1.29 is 80.1 Å². The van der Waals surface area contributed by atoms with Gasteiger partial charge in [-0.05, 0) is 6.92 Å². The van der Waals surface area contributed by atoms with Crippen molar-refractivity contribution in [1.82, 2.24) is 0 Å². The predicted molar refractivity (Wildman–Crippen MR) is 76.7 cm³/mol. The van der Waals surface area contributed by atoms with Crippen molar-refractivity contribution in [3.05, 3.63) is 12.2 Å². The van der Waals surface area contributed by atoms with Gasteiger partial charge in [-0.1, -0.05) is 6.58 Å². The number of hydrogen-bond donors (Lipinski definition) is 0. The van der Waals surface area contributed by atoms with E-state index in [-0.39, 0.29) is 0 Å². The monoisotopic (exact) mass is 526 g/mol. The van der Waals surface area contributed by atoms with E-state index in [1.54, 1.807) is 0 Å². The first-order chi connectivity index (χ1) is 14.2. The van der Waals surface area contributed by atoms with Gasteiger partial charge in [0, 0.05) is 18.9 Å². The van der Waals surface area contributed by atoms with Crippen LogP contribution in [-0.2, 0) is 14.3 Å². The van der Waals surface area contributed by atoms with Crippen LogP contribution in [0.1, 0.15) is 20.3 Å². The number of halogens is 15. The Morgan fingerprint density at radius 1 is 0.818 bits per heavy atom. The van der Waals surface area contributed by atoms with E-state index in [4.69, 9.17) is 0 Å². The molecule has 0 spiro atoms. The molecule has 0 saturated carbocycles. The van der Waals surface area contributed by atoms with Crippen LogP contribution in [0.3, 0.4) is 0 Å². The minimum atomic E-state index is -7.91. The third kappa shape index (κ3) is 6.17. The van der Waals surface area contributed by atoms with Gasteiger partial charge in [-0.15, -0.1) is 0 Å². The number of alkyl halides is 15. The summed E-state index contributed by atoms with van der Waals surface area (Å²) in [4.78, 5) is 11.2. The van der Waals surface area contributed by atoms with Crippen molar-refractivity contribution in [3.8, 4) is 0 Å². The second-order valence-electron chi connectivity index (χ2n) is 6.66. The van der Waals surface area contributed by atoms with Gasteiger partial charge in [-0.25, -0.2) is 9.18 Å². The molecule has 1 atom stereocenters. The molecule has 18 heteroatoms. The van der Waals surface area contributed by atoms with Crippen LogP contribution in [0.4, 0.5) is 65.9 Å². The first-order valence-corrected chi connectivity index (χ1v) is 8.00. The molecule has 0 aromatic heterocycles. The van der Waals surface area contributed by atoms with Gasteiger partial charge in [0.25, 0.3) is 0 Å². The fourth-order valence-electron chi connectivity index (χ4n) is 1.92. The standard InChI is InChI=1S/C15H13F15O3/c1-6(2)8(31)32-5-7(33-15(29,30)9(3,16)17)4-10(18,19)12(21,22)11(20,13(23,24)25)14(26,27)28/h7H,1,4-5H2,2-3H3. The highest BCUT2D eigenvalue weighted by molar-refractivity contribution is 5.86. The smallest absolute Gasteiger partial charge is 0.438 e. The van der Waals surface area contributed by atoms with Crippen LogP contribution in [-0.4, -0.2) is 60.6 Å². The SMILES string of the molecule is C=C(C)C(=O)OCC(CC(F)(F)C(F)(F)C(F)(C(F)(F)F)C(F)(F)F)OC(F)(F)C(C)(F)F. The lowest BCUT2D eigenvalue weighted by atomic mass is 9.88. The molecule has 196 valence electrons. The molecule has 0 rings (SSSR count). The Morgan fingerprint density at radius 2 is 1.21 bits per heavy atom. The van der Waals surface area contributed by atoms with Gasteiger partial charge >= 0.3 is 47.9 Å². The van der Waals surface area contributed by atoms with E-state index in [1.165, 1.54) is 0 Å². The summed E-state index contributed by atoms with van der Waals surface area (Å²) in [6.45, 7) is 1.07. The van der Waals surface area contributed by atoms with Gasteiger partial charge in [0.15, 0.2) is 0 Å². The highest BCUT2D eigenvalue weighted by Crippen LogP contribution is 2.60. The van der Waals surface area contributed by atoms with E-state index in [0.717, 1.165) is 6.92 Å². The Morgan fingerprint density at radius 3 is 1.52 bits per heavy atom. The third-order valence-corrected chi connectivity index (χ3v) is 3.73. The summed E-state index contributed by atoms with van der Waals surface area (Å²) in [6.07, 6.45) is -28.2. The minimum Gasteiger partial charge on any atom is -0.460 e. The summed E-state index contributed by atoms with van der Waals surface area (Å²) < 4.78 is 203. The van der Waals surface area contributed by atoms with Crippen molar-refractivity contribution in [1.29, 1.82) is 0 Å². The zero-order valence-electron chi connectivity index (χ0n) is 16.1. The maximum atomic E-state index is 13.9. The topological polar surface area (TPSA) is 35.5 Å². The Balaban J connectivity index is 6.37. The zero-order valence-corrected chi connectivity index (χ0v) is 16.1. The van der Waals surface area contributed by atoms with E-state index in [2.05, 4.69) is 16.1 Å². The van der Waals surface area contributed by atoms with Gasteiger partial charge in [-0.3, -0.25) is 0 Å². The van der Waals surface area contributed by atoms with E-state index >= 15 is 0 Å². The van der Waals surface area contributed by atoms with Gasteiger partial charge in [0.1, 0.15) is 12.7 Å². The first kappa shape index (κ1) is 31.1. The number of hydrogen-bond acceptors (Lipinski definition) is 3. The third-order valence-electron chi connectivity index (χ3n) is 3.73. The molecular formula is C15H13F15O3. The molecule has 0 saturated heterocycles. The molecule has 33 heavy (non-hydrogen) atoms. The molecule has 0 aliphatic heterocycles. The summed E-state index contributed by atoms with van der Waals surface area (Å²) in [5.41, 5.74) is -8.53. The molecule has 0 bridgehead atoms. The average Bonchev–Trinajstić information content (AvgIpc) is 2.54. The fourth-order valence-corrected chi connectivity index (χ4v) is 1.92. The van der Waals surface area contributed by atoms with Gasteiger partial charge in [0.05, 0.1) is 0 Å². The Hall–Kier alpha value is -1.88. The average molecular weight is 526 g/mol. The molecule has 1 unspecified atom stereocenters. The maximum absolute atomic E-state index is 13.9. The van der Waals surface area contributed by atoms with E-state index in [1.807, 2.05) is 0 Å². The van der Waals surface area contributed by atoms with E-state index in [9.17, 15) is 70.7 Å². The minimum absolute atomic E-state index is 0.587. The highest BCUT2D eigenvalue weighted by Gasteiger charge is 2.90. The van der Waals surface area contributed by atoms with Crippen LogP contribution >= 0.6 is 0 Å². The molecular weight excluding hydrogens is 513 g/mol. The van der Waals surface area contributed by atoms with Crippen LogP contribution < -0.4 is 0 Å². The van der Waals surface area contributed by atoms with Crippen LogP contribution in [0.15, 0.2) is 12.2 Å². The molecule has 0 aliphatic carbocycles. The summed E-state index contributed by atoms with van der Waals surface area (Å²) in [5, 5.41) is 0. The van der Waals surface area contributed by atoms with Crippen molar-refractivity contribution in [2.75, 3.05) is 6.61 Å². The molecule has 3 nitrogen and oxygen atoms in total. The molecule has 0 radical (unpaired) electrons. The molecule has 0 N–H and O–H groups in total. The lowest BCUT2D eigenvalue weighted by molar-refractivity contribution is -0.430. The normalized spacial score (nSPS) is 15.9. The molecule has 0 amide bonds. The quantitative estimate of drug-likeness (QED) is 0.192. The van der Waals surface area contributed by atoms with Gasteiger partial charge in [-0.2, -0.15) is 61.5 Å². The predicted octanol–water partition coefficient (Wildman–Crippen LogP) is 6.23. The lowest BCUT2D eigenvalue weighted by Crippen LogP contribution is -2.70. The second-order valence-corrected chi connectivity index (χ2v) is 6.66. The van der Waals surface area contributed by atoms with Crippen molar-refractivity contribution >= 4 is 5.97 Å². The zero-order chi connectivity index (χ0) is 27.1. The molecule has 0 heterocycles. The molecule has 0 aliphatic rings. The number of esters is 1. The van der Waals surface area contributed by atoms with Gasteiger partial charge < -0.3 is 9.47 Å². The maximum Gasteiger partial charge on any atom is 0.438 e. The highest BCUT2D eigenvalue weighted by atomic mass is 19.4. The molecule has 0 aromatic rings. The summed E-state index contributed by atoms with van der Waals surface area (Å²) in [5.74, 6) is -21.5. The number of ether oxygens (including phenoxy) is 2. The second kappa shape index (κ2) is 9.05. The van der Waals surface area contributed by atoms with E-state index in [0.29, 0.717) is 0 Å². The Labute approximate surface area is 174 Å². The molecule has 0 aromatic carbocycles. The summed E-state index contributed by atoms with van der Waals surface area (Å²) >= 11 is 0. The van der Waals surface area contributed by atoms with Crippen LogP contribution in [0, 0.1) is 0 Å².